The molecule has 0 bridgehead atoms. The van der Waals surface area contributed by atoms with E-state index in [0.717, 1.165) is 0 Å². The van der Waals surface area contributed by atoms with Gasteiger partial charge in [0, 0.05) is 24.2 Å². The summed E-state index contributed by atoms with van der Waals surface area (Å²) in [5.41, 5.74) is 0.507. The number of aliphatic hydroxyl groups is 1. The van der Waals surface area contributed by atoms with Gasteiger partial charge in [-0.1, -0.05) is 48.5 Å². The maximum Gasteiger partial charge on any atom is 0.295 e. The van der Waals surface area contributed by atoms with Crippen molar-refractivity contribution in [3.05, 3.63) is 77.1 Å². The van der Waals surface area contributed by atoms with Gasteiger partial charge in [-0.25, -0.2) is 4.39 Å². The second-order valence-electron chi connectivity index (χ2n) is 6.68. The van der Waals surface area contributed by atoms with Crippen molar-refractivity contribution in [2.75, 3.05) is 27.2 Å². The molecule has 0 aliphatic carbocycles. The number of amides is 1. The fourth-order valence-corrected chi connectivity index (χ4v) is 3.19. The van der Waals surface area contributed by atoms with Crippen LogP contribution in [0.5, 0.6) is 0 Å². The minimum absolute atomic E-state index is 0.0879. The van der Waals surface area contributed by atoms with E-state index in [1.807, 2.05) is 19.0 Å². The summed E-state index contributed by atoms with van der Waals surface area (Å²) < 4.78 is 14.5. The summed E-state index contributed by atoms with van der Waals surface area (Å²) in [6, 6.07) is 13.5. The molecule has 140 valence electrons. The van der Waals surface area contributed by atoms with Crippen molar-refractivity contribution in [2.24, 2.45) is 0 Å². The van der Waals surface area contributed by atoms with Crippen LogP contribution in [0.3, 0.4) is 0 Å². The molecule has 3 rings (SSSR count). The molecule has 1 N–H and O–H groups in total. The maximum atomic E-state index is 14.5. The molecule has 1 aliphatic rings. The molecule has 0 unspecified atom stereocenters. The van der Waals surface area contributed by atoms with E-state index < -0.39 is 23.5 Å². The van der Waals surface area contributed by atoms with Gasteiger partial charge in [0.2, 0.25) is 0 Å². The first-order valence-corrected chi connectivity index (χ1v) is 8.64. The van der Waals surface area contributed by atoms with Crippen LogP contribution in [0.15, 0.2) is 60.2 Å². The SMILES string of the molecule is CN(C)CCN1C(=O)C(=O)C(=C(O)c2ccccc2)[C@H]1c1ccccc1F. The number of Topliss-reactive ketones (excluding diaryl/α,β-unsaturated/α-hetero) is 1. The monoisotopic (exact) mass is 368 g/mol. The quantitative estimate of drug-likeness (QED) is 0.501. The fourth-order valence-electron chi connectivity index (χ4n) is 3.19. The molecule has 0 aromatic heterocycles. The Morgan fingerprint density at radius 2 is 1.70 bits per heavy atom. The van der Waals surface area contributed by atoms with Crippen LogP contribution in [0.1, 0.15) is 17.2 Å². The summed E-state index contributed by atoms with van der Waals surface area (Å²) >= 11 is 0. The van der Waals surface area contributed by atoms with Gasteiger partial charge in [0.15, 0.2) is 0 Å². The predicted octanol–water partition coefficient (Wildman–Crippen LogP) is 2.81. The highest BCUT2D eigenvalue weighted by atomic mass is 19.1. The van der Waals surface area contributed by atoms with Crippen molar-refractivity contribution >= 4 is 17.4 Å². The molecule has 1 fully saturated rings. The summed E-state index contributed by atoms with van der Waals surface area (Å²) in [6.45, 7) is 0.742. The second kappa shape index (κ2) is 7.72. The topological polar surface area (TPSA) is 60.9 Å². The van der Waals surface area contributed by atoms with E-state index >= 15 is 0 Å². The molecule has 2 aromatic carbocycles. The van der Waals surface area contributed by atoms with Crippen molar-refractivity contribution in [1.82, 2.24) is 9.80 Å². The lowest BCUT2D eigenvalue weighted by molar-refractivity contribution is -0.140. The number of rotatable bonds is 5. The smallest absolute Gasteiger partial charge is 0.295 e. The first kappa shape index (κ1) is 18.8. The lowest BCUT2D eigenvalue weighted by Gasteiger charge is -2.26. The third-order valence-corrected chi connectivity index (χ3v) is 4.58. The van der Waals surface area contributed by atoms with Crippen molar-refractivity contribution < 1.29 is 19.1 Å². The molecule has 1 amide bonds. The van der Waals surface area contributed by atoms with Gasteiger partial charge in [-0.2, -0.15) is 0 Å². The van der Waals surface area contributed by atoms with Gasteiger partial charge in [-0.3, -0.25) is 9.59 Å². The van der Waals surface area contributed by atoms with Crippen LogP contribution in [0.4, 0.5) is 4.39 Å². The Labute approximate surface area is 157 Å². The summed E-state index contributed by atoms with van der Waals surface area (Å²) in [4.78, 5) is 28.6. The molecule has 0 spiro atoms. The van der Waals surface area contributed by atoms with Gasteiger partial charge >= 0.3 is 0 Å². The third-order valence-electron chi connectivity index (χ3n) is 4.58. The van der Waals surface area contributed by atoms with Crippen LogP contribution in [-0.2, 0) is 9.59 Å². The number of nitrogens with zero attached hydrogens (tertiary/aromatic N) is 2. The lowest BCUT2D eigenvalue weighted by atomic mass is 9.95. The molecule has 5 nitrogen and oxygen atoms in total. The molecular weight excluding hydrogens is 347 g/mol. The second-order valence-corrected chi connectivity index (χ2v) is 6.68. The summed E-state index contributed by atoms with van der Waals surface area (Å²) in [7, 11) is 3.69. The molecule has 27 heavy (non-hydrogen) atoms. The van der Waals surface area contributed by atoms with Crippen molar-refractivity contribution in [1.29, 1.82) is 0 Å². The molecule has 1 atom stereocenters. The maximum absolute atomic E-state index is 14.5. The highest BCUT2D eigenvalue weighted by Crippen LogP contribution is 2.40. The number of hydrogen-bond acceptors (Lipinski definition) is 4. The van der Waals surface area contributed by atoms with Crippen molar-refractivity contribution in [2.45, 2.75) is 6.04 Å². The molecule has 0 saturated carbocycles. The van der Waals surface area contributed by atoms with Crippen LogP contribution in [0, 0.1) is 5.82 Å². The number of aliphatic hydroxyl groups excluding tert-OH is 1. The third kappa shape index (κ3) is 3.61. The Hall–Kier alpha value is -2.99. The minimum Gasteiger partial charge on any atom is -0.507 e. The number of ketones is 1. The Morgan fingerprint density at radius 3 is 2.33 bits per heavy atom. The Bertz CT molecular complexity index is 893. The van der Waals surface area contributed by atoms with Gasteiger partial charge in [0.1, 0.15) is 11.6 Å². The summed E-state index contributed by atoms with van der Waals surface area (Å²) in [6.07, 6.45) is 0. The van der Waals surface area contributed by atoms with E-state index in [4.69, 9.17) is 0 Å². The zero-order valence-electron chi connectivity index (χ0n) is 15.2. The van der Waals surface area contributed by atoms with E-state index in [0.29, 0.717) is 12.1 Å². The Balaban J connectivity index is 2.17. The van der Waals surface area contributed by atoms with Crippen LogP contribution < -0.4 is 0 Å². The van der Waals surface area contributed by atoms with Gasteiger partial charge in [-0.15, -0.1) is 0 Å². The van der Waals surface area contributed by atoms with Gasteiger partial charge in [0.25, 0.3) is 11.7 Å². The van der Waals surface area contributed by atoms with E-state index in [2.05, 4.69) is 0 Å². The van der Waals surface area contributed by atoms with Gasteiger partial charge < -0.3 is 14.9 Å². The number of carbonyl (C=O) groups is 2. The van der Waals surface area contributed by atoms with Gasteiger partial charge in [-0.05, 0) is 20.2 Å². The number of likely N-dealkylation sites (tertiary alicyclic amines) is 1. The highest BCUT2D eigenvalue weighted by molar-refractivity contribution is 6.46. The number of hydrogen-bond donors (Lipinski definition) is 1. The summed E-state index contributed by atoms with van der Waals surface area (Å²) in [5, 5.41) is 10.8. The predicted molar refractivity (Wildman–Crippen MR) is 100 cm³/mol. The largest absolute Gasteiger partial charge is 0.507 e. The average molecular weight is 368 g/mol. The standard InChI is InChI=1S/C21H21FN2O3/c1-23(2)12-13-24-18(15-10-6-7-11-16(15)22)17(20(26)21(24)27)19(25)14-8-4-3-5-9-14/h3-11,18,25H,12-13H2,1-2H3/t18-/m1/s1. The number of carbonyl (C=O) groups excluding carboxylic acids is 2. The normalized spacial score (nSPS) is 19.1. The molecule has 1 heterocycles. The summed E-state index contributed by atoms with van der Waals surface area (Å²) in [5.74, 6) is -2.36. The minimum atomic E-state index is -0.966. The molecule has 2 aromatic rings. The van der Waals surface area contributed by atoms with Gasteiger partial charge in [0.05, 0.1) is 11.6 Å². The molecule has 1 aliphatic heterocycles. The number of halogens is 1. The van der Waals surface area contributed by atoms with E-state index in [1.54, 1.807) is 42.5 Å². The molecule has 6 heteroatoms. The van der Waals surface area contributed by atoms with Crippen molar-refractivity contribution in [3.8, 4) is 0 Å². The van der Waals surface area contributed by atoms with Crippen LogP contribution >= 0.6 is 0 Å². The molecule has 1 saturated heterocycles. The van der Waals surface area contributed by atoms with E-state index in [9.17, 15) is 19.1 Å². The lowest BCUT2D eigenvalue weighted by Crippen LogP contribution is -2.35. The van der Waals surface area contributed by atoms with Crippen LogP contribution in [0.2, 0.25) is 0 Å². The van der Waals surface area contributed by atoms with Crippen LogP contribution in [-0.4, -0.2) is 53.8 Å². The molecule has 0 radical (unpaired) electrons. The first-order chi connectivity index (χ1) is 12.9. The van der Waals surface area contributed by atoms with Crippen LogP contribution in [0.25, 0.3) is 5.76 Å². The number of likely N-dealkylation sites (N-methyl/N-ethyl adjacent to an activating group) is 1. The fraction of sp³-hybridized carbons (Fsp3) is 0.238. The molecular formula is C21H21FN2O3. The van der Waals surface area contributed by atoms with Crippen molar-refractivity contribution in [3.63, 3.8) is 0 Å². The van der Waals surface area contributed by atoms with E-state index in [1.165, 1.54) is 17.0 Å². The first-order valence-electron chi connectivity index (χ1n) is 8.64. The van der Waals surface area contributed by atoms with E-state index in [-0.39, 0.29) is 23.4 Å². The Kier molecular flexibility index (Phi) is 5.37. The zero-order valence-corrected chi connectivity index (χ0v) is 15.2. The average Bonchev–Trinajstić information content (AvgIpc) is 2.91. The zero-order chi connectivity index (χ0) is 19.6. The Morgan fingerprint density at radius 1 is 1.07 bits per heavy atom. The highest BCUT2D eigenvalue weighted by Gasteiger charge is 2.46. The number of benzene rings is 2.